The Balaban J connectivity index is -0.000000126. The van der Waals surface area contributed by atoms with Crippen LogP contribution in [0.25, 0.3) is 0 Å². The minimum Gasteiger partial charge on any atom is -0.449 e. The Bertz CT molecular complexity index is 872. The first-order valence-corrected chi connectivity index (χ1v) is 35.9. The van der Waals surface area contributed by atoms with Crippen molar-refractivity contribution in [3.8, 4) is 0 Å². The third-order valence-corrected chi connectivity index (χ3v) is 25.7. The molecule has 0 radical (unpaired) electrons. The summed E-state index contributed by atoms with van der Waals surface area (Å²) in [6.07, 6.45) is 28.0. The maximum absolute atomic E-state index is 5.97. The van der Waals surface area contributed by atoms with Crippen molar-refractivity contribution >= 4 is 49.9 Å². The van der Waals surface area contributed by atoms with Gasteiger partial charge in [-0.1, -0.05) is 82.8 Å². The Morgan fingerprint density at radius 2 is 0.385 bits per heavy atom. The van der Waals surface area contributed by atoms with Gasteiger partial charge in [0.25, 0.3) is 0 Å². The molecule has 0 aromatic carbocycles. The predicted octanol–water partition coefficient (Wildman–Crippen LogP) is 13.9. The molecule has 0 unspecified atom stereocenters. The summed E-state index contributed by atoms with van der Waals surface area (Å²) < 4.78 is 17.9. The molecular weight excluding hydrogens is 1280 g/mol. The van der Waals surface area contributed by atoms with E-state index in [1.165, 1.54) is 51.4 Å². The number of hydrogen-bond acceptors (Lipinski definition) is 3. The van der Waals surface area contributed by atoms with E-state index in [1.807, 2.05) is 34.2 Å². The molecule has 310 valence electrons. The van der Waals surface area contributed by atoms with Crippen LogP contribution in [-0.4, -0.2) is 49.9 Å². The minimum atomic E-state index is -1.58. The molecule has 2 aliphatic carbocycles. The molecule has 0 saturated heterocycles. The van der Waals surface area contributed by atoms with Crippen LogP contribution < -0.4 is 0 Å². The number of allylic oxidation sites excluding steroid dienone is 8. The molecule has 12 heteroatoms. The summed E-state index contributed by atoms with van der Waals surface area (Å²) >= 11 is 0. The van der Waals surface area contributed by atoms with E-state index in [0.29, 0.717) is 0 Å². The average molecular weight is 1360 g/mol. The van der Waals surface area contributed by atoms with Gasteiger partial charge < -0.3 is 12.3 Å². The fourth-order valence-corrected chi connectivity index (χ4v) is 22.3. The normalized spacial score (nSPS) is 15.5. The van der Waals surface area contributed by atoms with Gasteiger partial charge in [0.2, 0.25) is 0 Å². The summed E-state index contributed by atoms with van der Waals surface area (Å²) in [5, 5.41) is 0. The van der Waals surface area contributed by atoms with Gasteiger partial charge in [-0.2, -0.15) is 0 Å². The van der Waals surface area contributed by atoms with Crippen molar-refractivity contribution in [3.63, 3.8) is 0 Å². The third kappa shape index (κ3) is 45.0. The molecule has 0 bridgehead atoms. The van der Waals surface area contributed by atoms with Crippen LogP contribution in [0.3, 0.4) is 0 Å². The molecule has 0 N–H and O–H groups in total. The van der Waals surface area contributed by atoms with Crippen LogP contribution in [-0.2, 0) is 75.5 Å². The third-order valence-electron chi connectivity index (χ3n) is 7.19. The fraction of sp³-hybridized carbons (Fsp3) is 0.500. The first-order chi connectivity index (χ1) is 22.5. The fourth-order valence-electron chi connectivity index (χ4n) is 4.00. The van der Waals surface area contributed by atoms with E-state index in [-0.39, 0.29) is 63.2 Å². The number of rotatable bonds is 12. The standard InChI is InChI=1S/3C8H18OSi2.2C8H12.3Pt/c3*1-7-10(3,4)9-11(5,6)8-2;2*1-2-4-6-8-7-5-3-1;;;/h3*7-8H,1-2H2,3-6H3;2*1-2,7-8H,3-6H2;;;/b;;;2*2-1-,8-7?;;;. The van der Waals surface area contributed by atoms with Gasteiger partial charge in [0.1, 0.15) is 0 Å². The van der Waals surface area contributed by atoms with Crippen molar-refractivity contribution in [1.82, 2.24) is 0 Å². The van der Waals surface area contributed by atoms with Crippen molar-refractivity contribution in [1.29, 1.82) is 0 Å². The summed E-state index contributed by atoms with van der Waals surface area (Å²) in [5.41, 5.74) is 11.8. The van der Waals surface area contributed by atoms with Gasteiger partial charge in [0, 0.05) is 63.2 Å². The Labute approximate surface area is 374 Å². The second-order valence-corrected chi connectivity index (χ2v) is 39.5. The van der Waals surface area contributed by atoms with Crippen LogP contribution in [0.5, 0.6) is 0 Å². The van der Waals surface area contributed by atoms with Crippen molar-refractivity contribution in [2.75, 3.05) is 0 Å². The Hall–Kier alpha value is 0.646. The second kappa shape index (κ2) is 34.9. The average Bonchev–Trinajstić information content (AvgIpc) is 2.96. The maximum Gasteiger partial charge on any atom is 0.198 e. The molecule has 0 aliphatic heterocycles. The van der Waals surface area contributed by atoms with Crippen LogP contribution >= 0.6 is 0 Å². The van der Waals surface area contributed by atoms with Gasteiger partial charge in [-0.15, -0.1) is 39.5 Å². The van der Waals surface area contributed by atoms with Crippen LogP contribution in [0.4, 0.5) is 0 Å². The Kier molecular flexibility index (Phi) is 43.3. The predicted molar refractivity (Wildman–Crippen MR) is 243 cm³/mol. The van der Waals surface area contributed by atoms with Crippen LogP contribution in [0.15, 0.2) is 122 Å². The molecule has 0 fully saturated rings. The minimum absolute atomic E-state index is 0. The van der Waals surface area contributed by atoms with Crippen molar-refractivity contribution in [2.24, 2.45) is 0 Å². The largest absolute Gasteiger partial charge is 0.449 e. The van der Waals surface area contributed by atoms with Crippen molar-refractivity contribution < 1.29 is 75.5 Å². The summed E-state index contributed by atoms with van der Waals surface area (Å²) in [6.45, 7) is 48.5. The van der Waals surface area contributed by atoms with E-state index >= 15 is 0 Å². The first-order valence-electron chi connectivity index (χ1n) is 18.0. The smallest absolute Gasteiger partial charge is 0.198 e. The summed E-state index contributed by atoms with van der Waals surface area (Å²) in [5.74, 6) is 0. The maximum atomic E-state index is 5.97. The molecule has 3 nitrogen and oxygen atoms in total. The van der Waals surface area contributed by atoms with Gasteiger partial charge in [-0.3, -0.25) is 0 Å². The molecule has 0 saturated carbocycles. The molecule has 0 aromatic heterocycles. The van der Waals surface area contributed by atoms with Crippen LogP contribution in [0.1, 0.15) is 51.4 Å². The Morgan fingerprint density at radius 1 is 0.288 bits per heavy atom. The molecule has 0 aromatic rings. The summed E-state index contributed by atoms with van der Waals surface area (Å²) in [7, 11) is -9.48. The second-order valence-electron chi connectivity index (χ2n) is 15.3. The van der Waals surface area contributed by atoms with E-state index < -0.39 is 49.9 Å². The molecule has 52 heavy (non-hydrogen) atoms. The van der Waals surface area contributed by atoms with Gasteiger partial charge in [-0.25, -0.2) is 0 Å². The molecule has 0 atom stereocenters. The summed E-state index contributed by atoms with van der Waals surface area (Å²) in [6, 6.07) is 0. The van der Waals surface area contributed by atoms with E-state index in [2.05, 4.69) is 167 Å². The monoisotopic (exact) mass is 1360 g/mol. The van der Waals surface area contributed by atoms with Gasteiger partial charge in [0.05, 0.1) is 0 Å². The van der Waals surface area contributed by atoms with E-state index in [0.717, 1.165) is 0 Å². The molecule has 0 heterocycles. The van der Waals surface area contributed by atoms with Crippen LogP contribution in [0, 0.1) is 0 Å². The van der Waals surface area contributed by atoms with Crippen LogP contribution in [0.2, 0.25) is 78.6 Å². The zero-order valence-corrected chi connectivity index (χ0v) is 48.0. The number of hydrogen-bond donors (Lipinski definition) is 0. The van der Waals surface area contributed by atoms with E-state index in [4.69, 9.17) is 12.3 Å². The molecule has 2 rings (SSSR count). The van der Waals surface area contributed by atoms with E-state index in [9.17, 15) is 0 Å². The molecular formula is C40H78O3Pt3Si6. The van der Waals surface area contributed by atoms with Gasteiger partial charge in [0.15, 0.2) is 49.9 Å². The van der Waals surface area contributed by atoms with Crippen molar-refractivity contribution in [3.05, 3.63) is 122 Å². The zero-order valence-electron chi connectivity index (χ0n) is 35.2. The topological polar surface area (TPSA) is 27.7 Å². The van der Waals surface area contributed by atoms with E-state index in [1.54, 1.807) is 0 Å². The molecule has 0 spiro atoms. The zero-order chi connectivity index (χ0) is 38.7. The Morgan fingerprint density at radius 3 is 0.462 bits per heavy atom. The SMILES string of the molecule is C1=CCC/C=C\CC1.C1=CCC/C=C\CC1.C=C[Si](C)(C)O[Si](C)(C)C=C.C=C[Si](C)(C)O[Si](C)(C)C=C.C=C[Si](C)(C)O[Si](C)(C)C=C.[Pt].[Pt].[Pt]. The first kappa shape index (κ1) is 64.5. The van der Waals surface area contributed by atoms with Crippen molar-refractivity contribution in [2.45, 2.75) is 130 Å². The quantitative estimate of drug-likeness (QED) is 0.144. The molecule has 2 aliphatic rings. The van der Waals surface area contributed by atoms with Gasteiger partial charge >= 0.3 is 0 Å². The van der Waals surface area contributed by atoms with Gasteiger partial charge in [-0.05, 0) is 130 Å². The summed E-state index contributed by atoms with van der Waals surface area (Å²) in [4.78, 5) is 0. The molecule has 0 amide bonds.